The van der Waals surface area contributed by atoms with E-state index >= 15 is 0 Å². The highest BCUT2D eigenvalue weighted by Gasteiger charge is 1.98. The zero-order chi connectivity index (χ0) is 14.2. The summed E-state index contributed by atoms with van der Waals surface area (Å²) in [6.07, 6.45) is 3.08. The van der Waals surface area contributed by atoms with Crippen molar-refractivity contribution < 1.29 is 4.74 Å². The van der Waals surface area contributed by atoms with Gasteiger partial charge in [0.1, 0.15) is 12.4 Å². The molecule has 2 aromatic rings. The number of hydrogen-bond acceptors (Lipinski definition) is 2. The molecular formula is C18H21NO. The molecule has 0 aliphatic carbocycles. The van der Waals surface area contributed by atoms with Crippen molar-refractivity contribution in [2.45, 2.75) is 20.0 Å². The first-order valence-corrected chi connectivity index (χ1v) is 6.93. The highest BCUT2D eigenvalue weighted by atomic mass is 16.5. The van der Waals surface area contributed by atoms with E-state index in [9.17, 15) is 0 Å². The van der Waals surface area contributed by atoms with E-state index in [4.69, 9.17) is 10.5 Å². The molecule has 0 unspecified atom stereocenters. The van der Waals surface area contributed by atoms with Crippen LogP contribution >= 0.6 is 0 Å². The number of hydrogen-bond donors (Lipinski definition) is 1. The summed E-state index contributed by atoms with van der Waals surface area (Å²) >= 11 is 0. The second-order valence-electron chi connectivity index (χ2n) is 4.76. The lowest BCUT2D eigenvalue weighted by molar-refractivity contribution is 0.306. The molecule has 0 saturated heterocycles. The maximum Gasteiger partial charge on any atom is 0.119 e. The monoisotopic (exact) mass is 267 g/mol. The molecule has 2 N–H and O–H groups in total. The molecule has 104 valence electrons. The van der Waals surface area contributed by atoms with Crippen molar-refractivity contribution in [1.82, 2.24) is 0 Å². The van der Waals surface area contributed by atoms with Gasteiger partial charge in [0.25, 0.3) is 0 Å². The van der Waals surface area contributed by atoms with E-state index < -0.39 is 0 Å². The van der Waals surface area contributed by atoms with Gasteiger partial charge in [-0.05, 0) is 48.7 Å². The molecule has 2 aromatic carbocycles. The first kappa shape index (κ1) is 14.4. The summed E-state index contributed by atoms with van der Waals surface area (Å²) in [7, 11) is 0. The number of benzene rings is 2. The second-order valence-corrected chi connectivity index (χ2v) is 4.76. The normalized spacial score (nSPS) is 11.4. The first-order valence-electron chi connectivity index (χ1n) is 6.93. The maximum absolute atomic E-state index is 5.77. The third kappa shape index (κ3) is 4.25. The predicted octanol–water partition coefficient (Wildman–Crippen LogP) is 4.02. The Morgan fingerprint density at radius 2 is 1.75 bits per heavy atom. The fraction of sp³-hybridized carbons (Fsp3) is 0.222. The van der Waals surface area contributed by atoms with Crippen molar-refractivity contribution in [3.63, 3.8) is 0 Å². The van der Waals surface area contributed by atoms with E-state index in [1.807, 2.05) is 30.3 Å². The van der Waals surface area contributed by atoms with Crippen LogP contribution in [0.2, 0.25) is 0 Å². The van der Waals surface area contributed by atoms with Crippen molar-refractivity contribution in [2.75, 3.05) is 6.54 Å². The summed E-state index contributed by atoms with van der Waals surface area (Å²) < 4.78 is 5.77. The number of rotatable bonds is 6. The molecule has 0 aliphatic rings. The Morgan fingerprint density at radius 1 is 1.05 bits per heavy atom. The zero-order valence-electron chi connectivity index (χ0n) is 11.9. The van der Waals surface area contributed by atoms with Crippen LogP contribution in [0.15, 0.2) is 60.7 Å². The Bertz CT molecular complexity index is 543. The van der Waals surface area contributed by atoms with Crippen LogP contribution in [-0.2, 0) is 6.61 Å². The van der Waals surface area contributed by atoms with Gasteiger partial charge >= 0.3 is 0 Å². The largest absolute Gasteiger partial charge is 0.489 e. The molecule has 2 nitrogen and oxygen atoms in total. The van der Waals surface area contributed by atoms with Crippen LogP contribution in [0.1, 0.15) is 24.5 Å². The van der Waals surface area contributed by atoms with E-state index in [1.165, 1.54) is 16.7 Å². The molecular weight excluding hydrogens is 246 g/mol. The Morgan fingerprint density at radius 3 is 2.40 bits per heavy atom. The van der Waals surface area contributed by atoms with Crippen molar-refractivity contribution in [3.8, 4) is 5.75 Å². The molecule has 20 heavy (non-hydrogen) atoms. The minimum absolute atomic E-state index is 0.599. The SMILES string of the molecule is CC(=CCCN)c1ccc(OCc2ccccc2)cc1. The summed E-state index contributed by atoms with van der Waals surface area (Å²) in [5.74, 6) is 0.893. The van der Waals surface area contributed by atoms with Crippen LogP contribution in [0.5, 0.6) is 5.75 Å². The third-order valence-corrected chi connectivity index (χ3v) is 3.18. The van der Waals surface area contributed by atoms with Crippen LogP contribution in [0, 0.1) is 0 Å². The molecule has 0 radical (unpaired) electrons. The Labute approximate surface area is 120 Å². The second kappa shape index (κ2) is 7.51. The van der Waals surface area contributed by atoms with Crippen LogP contribution < -0.4 is 10.5 Å². The molecule has 0 aromatic heterocycles. The standard InChI is InChI=1S/C18H21NO/c1-15(6-5-13-19)17-9-11-18(12-10-17)20-14-16-7-3-2-4-8-16/h2-4,6-12H,5,13-14,19H2,1H3. The molecule has 0 atom stereocenters. The summed E-state index contributed by atoms with van der Waals surface area (Å²) in [4.78, 5) is 0. The molecule has 0 bridgehead atoms. The molecule has 0 amide bonds. The lowest BCUT2D eigenvalue weighted by Gasteiger charge is -2.08. The molecule has 2 heteroatoms. The van der Waals surface area contributed by atoms with E-state index in [0.29, 0.717) is 13.2 Å². The molecule has 0 heterocycles. The lowest BCUT2D eigenvalue weighted by atomic mass is 10.1. The molecule has 0 fully saturated rings. The quantitative estimate of drug-likeness (QED) is 0.858. The Balaban J connectivity index is 1.95. The first-order chi connectivity index (χ1) is 9.79. The predicted molar refractivity (Wildman–Crippen MR) is 84.5 cm³/mol. The summed E-state index contributed by atoms with van der Waals surface area (Å²) in [6.45, 7) is 3.40. The van der Waals surface area contributed by atoms with Gasteiger partial charge in [-0.25, -0.2) is 0 Å². The van der Waals surface area contributed by atoms with Crippen molar-refractivity contribution in [1.29, 1.82) is 0 Å². The van der Waals surface area contributed by atoms with Gasteiger partial charge in [0.15, 0.2) is 0 Å². The fourth-order valence-corrected chi connectivity index (χ4v) is 1.97. The van der Waals surface area contributed by atoms with Gasteiger partial charge in [0, 0.05) is 0 Å². The Kier molecular flexibility index (Phi) is 5.39. The molecule has 0 spiro atoms. The van der Waals surface area contributed by atoms with Crippen molar-refractivity contribution in [2.24, 2.45) is 5.73 Å². The van der Waals surface area contributed by atoms with Crippen LogP contribution in [-0.4, -0.2) is 6.54 Å². The van der Waals surface area contributed by atoms with Gasteiger partial charge < -0.3 is 10.5 Å². The van der Waals surface area contributed by atoms with E-state index in [1.54, 1.807) is 0 Å². The zero-order valence-corrected chi connectivity index (χ0v) is 11.9. The van der Waals surface area contributed by atoms with Gasteiger partial charge in [-0.1, -0.05) is 48.5 Å². The van der Waals surface area contributed by atoms with Gasteiger partial charge in [-0.2, -0.15) is 0 Å². The van der Waals surface area contributed by atoms with Gasteiger partial charge in [0.05, 0.1) is 0 Å². The number of ether oxygens (including phenoxy) is 1. The van der Waals surface area contributed by atoms with E-state index in [-0.39, 0.29) is 0 Å². The van der Waals surface area contributed by atoms with Gasteiger partial charge in [-0.3, -0.25) is 0 Å². The summed E-state index contributed by atoms with van der Waals surface area (Å²) in [5, 5.41) is 0. The average molecular weight is 267 g/mol. The highest BCUT2D eigenvalue weighted by Crippen LogP contribution is 2.19. The van der Waals surface area contributed by atoms with E-state index in [0.717, 1.165) is 12.2 Å². The van der Waals surface area contributed by atoms with Gasteiger partial charge in [0.2, 0.25) is 0 Å². The minimum Gasteiger partial charge on any atom is -0.489 e. The Hall–Kier alpha value is -2.06. The molecule has 0 aliphatic heterocycles. The van der Waals surface area contributed by atoms with Crippen LogP contribution in [0.3, 0.4) is 0 Å². The smallest absolute Gasteiger partial charge is 0.119 e. The maximum atomic E-state index is 5.77. The number of nitrogens with two attached hydrogens (primary N) is 1. The van der Waals surface area contributed by atoms with Crippen molar-refractivity contribution >= 4 is 5.57 Å². The van der Waals surface area contributed by atoms with Crippen molar-refractivity contribution in [3.05, 3.63) is 71.8 Å². The van der Waals surface area contributed by atoms with E-state index in [2.05, 4.69) is 37.3 Å². The molecule has 2 rings (SSSR count). The summed E-state index contributed by atoms with van der Waals surface area (Å²) in [5.41, 5.74) is 9.15. The topological polar surface area (TPSA) is 35.2 Å². The lowest BCUT2D eigenvalue weighted by Crippen LogP contribution is -1.96. The van der Waals surface area contributed by atoms with Crippen LogP contribution in [0.4, 0.5) is 0 Å². The minimum atomic E-state index is 0.599. The third-order valence-electron chi connectivity index (χ3n) is 3.18. The highest BCUT2D eigenvalue weighted by molar-refractivity contribution is 5.64. The summed E-state index contributed by atoms with van der Waals surface area (Å²) in [6, 6.07) is 18.4. The molecule has 0 saturated carbocycles. The fourth-order valence-electron chi connectivity index (χ4n) is 1.97. The van der Waals surface area contributed by atoms with Crippen LogP contribution in [0.25, 0.3) is 5.57 Å². The van der Waals surface area contributed by atoms with Gasteiger partial charge in [-0.15, -0.1) is 0 Å². The number of allylic oxidation sites excluding steroid dienone is 1. The average Bonchev–Trinajstić information content (AvgIpc) is 2.52.